The van der Waals surface area contributed by atoms with Gasteiger partial charge in [0.25, 0.3) is 0 Å². The second kappa shape index (κ2) is 9.24. The van der Waals surface area contributed by atoms with Crippen LogP contribution in [0, 0.1) is 5.82 Å². The molecule has 1 atom stereocenters. The van der Waals surface area contributed by atoms with Gasteiger partial charge in [-0.1, -0.05) is 35.0 Å². The fourth-order valence-corrected chi connectivity index (χ4v) is 4.80. The molecule has 3 aromatic carbocycles. The molecule has 6 nitrogen and oxygen atoms in total. The molecular weight excluding hydrogens is 477 g/mol. The molecule has 0 saturated carbocycles. The van der Waals surface area contributed by atoms with E-state index in [4.69, 9.17) is 20.9 Å². The number of benzene rings is 3. The maximum Gasteiger partial charge on any atom is 0.181 e. The average molecular weight is 494 g/mol. The molecule has 5 aromatic rings. The molecule has 9 heteroatoms. The summed E-state index contributed by atoms with van der Waals surface area (Å²) in [7, 11) is 0.0344. The van der Waals surface area contributed by atoms with E-state index in [9.17, 15) is 8.60 Å². The van der Waals surface area contributed by atoms with Crippen molar-refractivity contribution in [2.45, 2.75) is 4.90 Å². The molecule has 0 radical (unpaired) electrons. The Bertz CT molecular complexity index is 1530. The lowest BCUT2D eigenvalue weighted by molar-refractivity contribution is 0.416. The molecule has 5 rings (SSSR count). The first kappa shape index (κ1) is 22.1. The molecule has 0 saturated heterocycles. The number of pyridine rings is 1. The van der Waals surface area contributed by atoms with Crippen LogP contribution in [0.5, 0.6) is 5.75 Å². The van der Waals surface area contributed by atoms with Crippen LogP contribution in [0.1, 0.15) is 0 Å². The molecule has 0 aliphatic heterocycles. The third-order valence-corrected chi connectivity index (χ3v) is 6.65. The zero-order valence-corrected chi connectivity index (χ0v) is 19.4. The third-order valence-electron chi connectivity index (χ3n) is 5.26. The van der Waals surface area contributed by atoms with Crippen molar-refractivity contribution in [2.24, 2.45) is 0 Å². The normalized spacial score (nSPS) is 12.0. The monoisotopic (exact) mass is 493 g/mol. The number of nitrogens with one attached hydrogen (secondary N) is 1. The summed E-state index contributed by atoms with van der Waals surface area (Å²) in [4.78, 5) is 5.13. The van der Waals surface area contributed by atoms with Crippen LogP contribution in [0.4, 0.5) is 10.2 Å². The number of rotatable bonds is 6. The maximum atomic E-state index is 13.8. The molecule has 0 aliphatic carbocycles. The van der Waals surface area contributed by atoms with Crippen LogP contribution in [0.15, 0.2) is 88.6 Å². The van der Waals surface area contributed by atoms with E-state index in [1.54, 1.807) is 49.7 Å². The quantitative estimate of drug-likeness (QED) is 0.292. The lowest BCUT2D eigenvalue weighted by Crippen LogP contribution is -2.04. The van der Waals surface area contributed by atoms with Crippen LogP contribution in [0.25, 0.3) is 33.2 Å². The van der Waals surface area contributed by atoms with Gasteiger partial charge in [0.05, 0.1) is 17.7 Å². The summed E-state index contributed by atoms with van der Waals surface area (Å²) in [6, 6.07) is 18.6. The lowest BCUT2D eigenvalue weighted by Gasteiger charge is -2.15. The molecule has 34 heavy (non-hydrogen) atoms. The average Bonchev–Trinajstić information content (AvgIpc) is 3.36. The van der Waals surface area contributed by atoms with E-state index in [2.05, 4.69) is 14.9 Å². The number of anilines is 1. The highest BCUT2D eigenvalue weighted by molar-refractivity contribution is 7.86. The Morgan fingerprint density at radius 3 is 2.71 bits per heavy atom. The second-order valence-corrected chi connectivity index (χ2v) is 8.96. The number of hydrogen-bond donors (Lipinski definition) is 1. The SMILES string of the molecule is COc1cc(-c2cccc(F)c2)c(Cl)cc1-c1nccc2cc(S(=O)Nc3ccon3)ccc12. The van der Waals surface area contributed by atoms with E-state index in [1.807, 2.05) is 18.2 Å². The Labute approximate surface area is 201 Å². The minimum absolute atomic E-state index is 0.349. The third kappa shape index (κ3) is 4.25. The van der Waals surface area contributed by atoms with Gasteiger partial charge in [-0.25, -0.2) is 8.60 Å². The van der Waals surface area contributed by atoms with Crippen LogP contribution in [-0.2, 0) is 11.0 Å². The van der Waals surface area contributed by atoms with Crippen molar-refractivity contribution in [3.63, 3.8) is 0 Å². The molecule has 1 unspecified atom stereocenters. The summed E-state index contributed by atoms with van der Waals surface area (Å²) in [6.07, 6.45) is 3.07. The Morgan fingerprint density at radius 1 is 1.06 bits per heavy atom. The molecule has 0 fully saturated rings. The highest BCUT2D eigenvalue weighted by atomic mass is 35.5. The topological polar surface area (TPSA) is 77.2 Å². The predicted octanol–water partition coefficient (Wildman–Crippen LogP) is 6.49. The first-order valence-electron chi connectivity index (χ1n) is 10.1. The number of fused-ring (bicyclic) bond motifs is 1. The van der Waals surface area contributed by atoms with Gasteiger partial charge in [-0.05, 0) is 53.4 Å². The lowest BCUT2D eigenvalue weighted by atomic mass is 9.98. The zero-order chi connectivity index (χ0) is 23.7. The van der Waals surface area contributed by atoms with Crippen molar-refractivity contribution >= 4 is 39.2 Å². The fraction of sp³-hybridized carbons (Fsp3) is 0.0400. The van der Waals surface area contributed by atoms with E-state index in [0.717, 1.165) is 10.8 Å². The first-order chi connectivity index (χ1) is 16.5. The number of aromatic nitrogens is 2. The molecule has 0 amide bonds. The molecular formula is C25H17ClFN3O3S. The minimum Gasteiger partial charge on any atom is -0.496 e. The Kier molecular flexibility index (Phi) is 6.00. The van der Waals surface area contributed by atoms with Crippen LogP contribution in [-0.4, -0.2) is 21.5 Å². The molecule has 0 aliphatic rings. The molecule has 1 N–H and O–H groups in total. The summed E-state index contributed by atoms with van der Waals surface area (Å²) in [6.45, 7) is 0. The van der Waals surface area contributed by atoms with Gasteiger partial charge in [-0.15, -0.1) is 0 Å². The smallest absolute Gasteiger partial charge is 0.181 e. The van der Waals surface area contributed by atoms with Crippen molar-refractivity contribution in [1.29, 1.82) is 0 Å². The number of halogens is 2. The van der Waals surface area contributed by atoms with Crippen LogP contribution >= 0.6 is 11.6 Å². The summed E-state index contributed by atoms with van der Waals surface area (Å²) in [5, 5.41) is 5.83. The van der Waals surface area contributed by atoms with Gasteiger partial charge in [0.15, 0.2) is 16.8 Å². The van der Waals surface area contributed by atoms with Crippen molar-refractivity contribution in [2.75, 3.05) is 11.8 Å². The number of ether oxygens (including phenoxy) is 1. The fourth-order valence-electron chi connectivity index (χ4n) is 3.69. The van der Waals surface area contributed by atoms with Crippen LogP contribution in [0.3, 0.4) is 0 Å². The largest absolute Gasteiger partial charge is 0.496 e. The van der Waals surface area contributed by atoms with Crippen molar-refractivity contribution in [3.05, 3.63) is 90.0 Å². The minimum atomic E-state index is -1.53. The van der Waals surface area contributed by atoms with E-state index >= 15 is 0 Å². The second-order valence-electron chi connectivity index (χ2n) is 7.34. The molecule has 0 spiro atoms. The summed E-state index contributed by atoms with van der Waals surface area (Å²) >= 11 is 6.61. The number of nitrogens with zero attached hydrogens (tertiary/aromatic N) is 2. The van der Waals surface area contributed by atoms with Gasteiger partial charge in [0.1, 0.15) is 17.8 Å². The van der Waals surface area contributed by atoms with Crippen LogP contribution < -0.4 is 9.46 Å². The van der Waals surface area contributed by atoms with Gasteiger partial charge in [0.2, 0.25) is 0 Å². The number of methoxy groups -OCH3 is 1. The predicted molar refractivity (Wildman–Crippen MR) is 131 cm³/mol. The Morgan fingerprint density at radius 2 is 1.94 bits per heavy atom. The molecule has 170 valence electrons. The Hall–Kier alpha value is -3.75. The Balaban J connectivity index is 1.57. The standard InChI is InChI=1S/C25H17ClFN3O3S/c1-32-23-14-20(15-3-2-4-17(27)11-15)22(26)13-21(23)25-19-6-5-18(12-16(19)7-9-28-25)34(31)30-24-8-10-33-29-24/h2-14H,1H3,(H,29,30). The summed E-state index contributed by atoms with van der Waals surface area (Å²) in [5.41, 5.74) is 2.64. The van der Waals surface area contributed by atoms with E-state index in [1.165, 1.54) is 18.4 Å². The van der Waals surface area contributed by atoms with Gasteiger partial charge in [-0.2, -0.15) is 0 Å². The molecule has 2 heterocycles. The van der Waals surface area contributed by atoms with Gasteiger partial charge in [0, 0.05) is 33.8 Å². The van der Waals surface area contributed by atoms with E-state index < -0.39 is 11.0 Å². The maximum absolute atomic E-state index is 13.8. The van der Waals surface area contributed by atoms with Gasteiger partial charge >= 0.3 is 0 Å². The van der Waals surface area contributed by atoms with Crippen molar-refractivity contribution in [3.8, 4) is 28.1 Å². The van der Waals surface area contributed by atoms with Gasteiger partial charge < -0.3 is 9.26 Å². The molecule has 2 aromatic heterocycles. The zero-order valence-electron chi connectivity index (χ0n) is 17.8. The first-order valence-corrected chi connectivity index (χ1v) is 11.7. The number of hydrogen-bond acceptors (Lipinski definition) is 5. The van der Waals surface area contributed by atoms with Crippen molar-refractivity contribution < 1.29 is 17.9 Å². The summed E-state index contributed by atoms with van der Waals surface area (Å²) in [5.74, 6) is 0.578. The summed E-state index contributed by atoms with van der Waals surface area (Å²) < 4.78 is 39.7. The highest BCUT2D eigenvalue weighted by Crippen LogP contribution is 2.41. The molecule has 0 bridgehead atoms. The van der Waals surface area contributed by atoms with E-state index in [0.29, 0.717) is 43.9 Å². The van der Waals surface area contributed by atoms with Gasteiger partial charge in [-0.3, -0.25) is 9.71 Å². The van der Waals surface area contributed by atoms with Crippen molar-refractivity contribution in [1.82, 2.24) is 10.1 Å². The van der Waals surface area contributed by atoms with Crippen LogP contribution in [0.2, 0.25) is 5.02 Å². The van der Waals surface area contributed by atoms with E-state index in [-0.39, 0.29) is 5.82 Å². The highest BCUT2D eigenvalue weighted by Gasteiger charge is 2.17.